The van der Waals surface area contributed by atoms with Crippen LogP contribution in [0, 0.1) is 13.8 Å². The van der Waals surface area contributed by atoms with Gasteiger partial charge in [0.2, 0.25) is 11.7 Å². The number of aromatic nitrogens is 2. The molecule has 7 heteroatoms. The average molecular weight is 406 g/mol. The first-order chi connectivity index (χ1) is 14.5. The monoisotopic (exact) mass is 405 g/mol. The Labute approximate surface area is 176 Å². The van der Waals surface area contributed by atoms with Gasteiger partial charge in [-0.25, -0.2) is 4.79 Å². The maximum absolute atomic E-state index is 12.7. The number of amides is 2. The van der Waals surface area contributed by atoms with Gasteiger partial charge in [0.05, 0.1) is 0 Å². The van der Waals surface area contributed by atoms with Crippen molar-refractivity contribution in [3.05, 3.63) is 59.5 Å². The number of rotatable bonds is 4. The lowest BCUT2D eigenvalue weighted by atomic mass is 10.1. The zero-order valence-electron chi connectivity index (χ0n) is 17.7. The second kappa shape index (κ2) is 8.57. The van der Waals surface area contributed by atoms with E-state index in [2.05, 4.69) is 52.4 Å². The molecule has 4 rings (SSSR count). The number of hydrogen-bond acceptors (Lipinski definition) is 5. The number of nitrogens with zero attached hydrogens (tertiary/aromatic N) is 4. The first-order valence-electron chi connectivity index (χ1n) is 10.3. The SMILES string of the molecule is CCc1nc(-c2ccc(NC(=O)N3CCN(c4cccc(C)c4C)CC3)cc2)no1. The van der Waals surface area contributed by atoms with Crippen molar-refractivity contribution in [3.8, 4) is 11.4 Å². The fourth-order valence-corrected chi connectivity index (χ4v) is 3.65. The van der Waals surface area contributed by atoms with Crippen molar-refractivity contribution in [1.29, 1.82) is 0 Å². The van der Waals surface area contributed by atoms with Crippen molar-refractivity contribution in [2.24, 2.45) is 0 Å². The fraction of sp³-hybridized carbons (Fsp3) is 0.348. The van der Waals surface area contributed by atoms with Crippen molar-refractivity contribution in [1.82, 2.24) is 15.0 Å². The van der Waals surface area contributed by atoms with Crippen LogP contribution in [0.5, 0.6) is 0 Å². The lowest BCUT2D eigenvalue weighted by Crippen LogP contribution is -2.50. The normalized spacial score (nSPS) is 14.1. The molecular formula is C23H27N5O2. The highest BCUT2D eigenvalue weighted by molar-refractivity contribution is 5.89. The minimum absolute atomic E-state index is 0.0730. The van der Waals surface area contributed by atoms with Crippen LogP contribution in [-0.4, -0.2) is 47.3 Å². The average Bonchev–Trinajstić information content (AvgIpc) is 3.26. The van der Waals surface area contributed by atoms with Crippen LogP contribution in [0.2, 0.25) is 0 Å². The predicted octanol–water partition coefficient (Wildman–Crippen LogP) is 4.27. The molecule has 0 atom stereocenters. The quantitative estimate of drug-likeness (QED) is 0.702. The van der Waals surface area contributed by atoms with E-state index in [0.717, 1.165) is 24.3 Å². The summed E-state index contributed by atoms with van der Waals surface area (Å²) in [6.07, 6.45) is 0.706. The molecule has 1 N–H and O–H groups in total. The molecule has 3 aromatic rings. The number of carbonyl (C=O) groups excluding carboxylic acids is 1. The van der Waals surface area contributed by atoms with Crippen molar-refractivity contribution in [3.63, 3.8) is 0 Å². The number of anilines is 2. The number of urea groups is 1. The highest BCUT2D eigenvalue weighted by atomic mass is 16.5. The van der Waals surface area contributed by atoms with E-state index in [0.29, 0.717) is 31.2 Å². The summed E-state index contributed by atoms with van der Waals surface area (Å²) in [5, 5.41) is 6.96. The third-order valence-electron chi connectivity index (χ3n) is 5.65. The van der Waals surface area contributed by atoms with Crippen LogP contribution in [0.1, 0.15) is 23.9 Å². The number of piperazine rings is 1. The Morgan fingerprint density at radius 2 is 1.80 bits per heavy atom. The molecule has 2 amide bonds. The van der Waals surface area contributed by atoms with Gasteiger partial charge in [0.1, 0.15) is 0 Å². The predicted molar refractivity (Wildman–Crippen MR) is 118 cm³/mol. The van der Waals surface area contributed by atoms with E-state index in [1.165, 1.54) is 16.8 Å². The van der Waals surface area contributed by atoms with Gasteiger partial charge in [-0.3, -0.25) is 0 Å². The molecule has 0 radical (unpaired) electrons. The highest BCUT2D eigenvalue weighted by Crippen LogP contribution is 2.24. The first-order valence-corrected chi connectivity index (χ1v) is 10.3. The van der Waals surface area contributed by atoms with Crippen LogP contribution in [0.3, 0.4) is 0 Å². The van der Waals surface area contributed by atoms with Gasteiger partial charge in [0.25, 0.3) is 0 Å². The molecule has 0 spiro atoms. The summed E-state index contributed by atoms with van der Waals surface area (Å²) in [7, 11) is 0. The number of nitrogens with one attached hydrogen (secondary N) is 1. The fourth-order valence-electron chi connectivity index (χ4n) is 3.65. The second-order valence-corrected chi connectivity index (χ2v) is 7.57. The molecule has 1 fully saturated rings. The lowest BCUT2D eigenvalue weighted by Gasteiger charge is -2.37. The van der Waals surface area contributed by atoms with Gasteiger partial charge >= 0.3 is 6.03 Å². The molecular weight excluding hydrogens is 378 g/mol. The molecule has 2 aromatic carbocycles. The Hall–Kier alpha value is -3.35. The molecule has 1 aromatic heterocycles. The van der Waals surface area contributed by atoms with Gasteiger partial charge in [0.15, 0.2) is 0 Å². The van der Waals surface area contributed by atoms with Crippen molar-refractivity contribution < 1.29 is 9.32 Å². The van der Waals surface area contributed by atoms with Gasteiger partial charge < -0.3 is 19.6 Å². The number of aryl methyl sites for hydroxylation is 2. The molecule has 0 aliphatic carbocycles. The zero-order chi connectivity index (χ0) is 21.1. The molecule has 7 nitrogen and oxygen atoms in total. The maximum Gasteiger partial charge on any atom is 0.321 e. The largest absolute Gasteiger partial charge is 0.368 e. The summed E-state index contributed by atoms with van der Waals surface area (Å²) in [5.41, 5.74) is 5.47. The molecule has 2 heterocycles. The molecule has 1 aliphatic rings. The summed E-state index contributed by atoms with van der Waals surface area (Å²) in [6.45, 7) is 9.31. The van der Waals surface area contributed by atoms with Gasteiger partial charge in [0, 0.05) is 49.5 Å². The van der Waals surface area contributed by atoms with Crippen molar-refractivity contribution in [2.45, 2.75) is 27.2 Å². The number of benzene rings is 2. The van der Waals surface area contributed by atoms with Gasteiger partial charge in [-0.2, -0.15) is 4.98 Å². The summed E-state index contributed by atoms with van der Waals surface area (Å²) >= 11 is 0. The Balaban J connectivity index is 1.34. The van der Waals surface area contributed by atoms with Crippen LogP contribution in [0.4, 0.5) is 16.2 Å². The van der Waals surface area contributed by atoms with Crippen LogP contribution in [0.15, 0.2) is 47.0 Å². The third kappa shape index (κ3) is 4.15. The topological polar surface area (TPSA) is 74.5 Å². The van der Waals surface area contributed by atoms with Crippen LogP contribution in [-0.2, 0) is 6.42 Å². The smallest absolute Gasteiger partial charge is 0.321 e. The first kappa shape index (κ1) is 19.9. The highest BCUT2D eigenvalue weighted by Gasteiger charge is 2.22. The van der Waals surface area contributed by atoms with Crippen LogP contribution in [0.25, 0.3) is 11.4 Å². The summed E-state index contributed by atoms with van der Waals surface area (Å²) in [6, 6.07) is 13.8. The van der Waals surface area contributed by atoms with Crippen LogP contribution < -0.4 is 10.2 Å². The van der Waals surface area contributed by atoms with Crippen LogP contribution >= 0.6 is 0 Å². The lowest BCUT2D eigenvalue weighted by molar-refractivity contribution is 0.208. The Bertz CT molecular complexity index is 1020. The number of carbonyl (C=O) groups is 1. The maximum atomic E-state index is 12.7. The Morgan fingerprint density at radius 1 is 1.07 bits per heavy atom. The standard InChI is InChI=1S/C23H27N5O2/c1-4-21-25-22(26-30-21)18-8-10-19(11-9-18)24-23(29)28-14-12-27(13-15-28)20-7-5-6-16(2)17(20)3/h5-11H,4,12-15H2,1-3H3,(H,24,29). The molecule has 30 heavy (non-hydrogen) atoms. The van der Waals surface area contributed by atoms with E-state index in [1.54, 1.807) is 0 Å². The molecule has 0 bridgehead atoms. The van der Waals surface area contributed by atoms with E-state index >= 15 is 0 Å². The molecule has 1 saturated heterocycles. The Kier molecular flexibility index (Phi) is 5.70. The molecule has 0 unspecified atom stereocenters. The number of hydrogen-bond donors (Lipinski definition) is 1. The summed E-state index contributed by atoms with van der Waals surface area (Å²) < 4.78 is 5.16. The summed E-state index contributed by atoms with van der Waals surface area (Å²) in [5.74, 6) is 1.18. The minimum atomic E-state index is -0.0730. The third-order valence-corrected chi connectivity index (χ3v) is 5.65. The zero-order valence-corrected chi connectivity index (χ0v) is 17.7. The molecule has 156 valence electrons. The Morgan fingerprint density at radius 3 is 2.47 bits per heavy atom. The molecule has 1 aliphatic heterocycles. The van der Waals surface area contributed by atoms with Gasteiger partial charge in [-0.1, -0.05) is 24.2 Å². The molecule has 0 saturated carbocycles. The van der Waals surface area contributed by atoms with E-state index < -0.39 is 0 Å². The van der Waals surface area contributed by atoms with E-state index in [9.17, 15) is 4.79 Å². The second-order valence-electron chi connectivity index (χ2n) is 7.57. The van der Waals surface area contributed by atoms with Gasteiger partial charge in [-0.15, -0.1) is 0 Å². The minimum Gasteiger partial charge on any atom is -0.368 e. The van der Waals surface area contributed by atoms with E-state index in [4.69, 9.17) is 4.52 Å². The van der Waals surface area contributed by atoms with E-state index in [1.807, 2.05) is 36.1 Å². The van der Waals surface area contributed by atoms with Crippen molar-refractivity contribution in [2.75, 3.05) is 36.4 Å². The van der Waals surface area contributed by atoms with E-state index in [-0.39, 0.29) is 6.03 Å². The van der Waals surface area contributed by atoms with Crippen molar-refractivity contribution >= 4 is 17.4 Å². The summed E-state index contributed by atoms with van der Waals surface area (Å²) in [4.78, 5) is 21.2. The van der Waals surface area contributed by atoms with Gasteiger partial charge in [-0.05, 0) is 55.3 Å².